The molecule has 29 heavy (non-hydrogen) atoms. The van der Waals surface area contributed by atoms with Gasteiger partial charge in [0.15, 0.2) is 0 Å². The quantitative estimate of drug-likeness (QED) is 0.144. The van der Waals surface area contributed by atoms with E-state index in [1.165, 1.54) is 89.9 Å². The summed E-state index contributed by atoms with van der Waals surface area (Å²) in [5, 5.41) is 0. The number of rotatable bonds is 21. The van der Waals surface area contributed by atoms with E-state index in [9.17, 15) is 9.59 Å². The van der Waals surface area contributed by atoms with E-state index in [-0.39, 0.29) is 24.6 Å². The minimum Gasteiger partial charge on any atom is -0.462 e. The molecule has 1 unspecified atom stereocenters. The van der Waals surface area contributed by atoms with Gasteiger partial charge in [-0.2, -0.15) is 0 Å². The first kappa shape index (κ1) is 27.9. The lowest BCUT2D eigenvalue weighted by Crippen LogP contribution is -2.21. The molecule has 0 amide bonds. The highest BCUT2D eigenvalue weighted by Crippen LogP contribution is 2.14. The van der Waals surface area contributed by atoms with Crippen LogP contribution in [0, 0.1) is 0 Å². The number of ether oxygens (including phenoxy) is 2. The van der Waals surface area contributed by atoms with Gasteiger partial charge >= 0.3 is 11.9 Å². The number of hydrogen-bond acceptors (Lipinski definition) is 4. The Labute approximate surface area is 180 Å². The highest BCUT2D eigenvalue weighted by atomic mass is 16.6. The summed E-state index contributed by atoms with van der Waals surface area (Å²) in [5.74, 6) is -0.443. The second-order valence-electron chi connectivity index (χ2n) is 8.39. The minimum absolute atomic E-state index is 0.156. The Bertz CT molecular complexity index is 381. The normalized spacial score (nSPS) is 12.0. The van der Waals surface area contributed by atoms with Gasteiger partial charge in [-0.15, -0.1) is 0 Å². The van der Waals surface area contributed by atoms with Crippen LogP contribution in [0.1, 0.15) is 136 Å². The van der Waals surface area contributed by atoms with E-state index in [1.807, 2.05) is 0 Å². The van der Waals surface area contributed by atoms with E-state index in [2.05, 4.69) is 6.92 Å². The van der Waals surface area contributed by atoms with Crippen molar-refractivity contribution in [3.8, 4) is 0 Å². The molecule has 0 aliphatic rings. The summed E-state index contributed by atoms with van der Waals surface area (Å²) >= 11 is 0. The zero-order chi connectivity index (χ0) is 21.6. The summed E-state index contributed by atoms with van der Waals surface area (Å²) in [4.78, 5) is 22.8. The molecule has 0 N–H and O–H groups in total. The van der Waals surface area contributed by atoms with Crippen molar-refractivity contribution >= 4 is 11.9 Å². The minimum atomic E-state index is -0.364. The van der Waals surface area contributed by atoms with E-state index >= 15 is 0 Å². The van der Waals surface area contributed by atoms with Crippen LogP contribution in [0.25, 0.3) is 0 Å². The van der Waals surface area contributed by atoms with Gasteiger partial charge in [-0.1, -0.05) is 110 Å². The van der Waals surface area contributed by atoms with Crippen molar-refractivity contribution in [3.05, 3.63) is 0 Å². The Morgan fingerprint density at radius 3 is 1.45 bits per heavy atom. The van der Waals surface area contributed by atoms with Crippen LogP contribution in [-0.2, 0) is 19.1 Å². The van der Waals surface area contributed by atoms with E-state index in [0.29, 0.717) is 12.8 Å². The molecule has 4 nitrogen and oxygen atoms in total. The lowest BCUT2D eigenvalue weighted by molar-refractivity contribution is -0.157. The van der Waals surface area contributed by atoms with Crippen LogP contribution in [0.5, 0.6) is 0 Å². The van der Waals surface area contributed by atoms with Crippen LogP contribution in [-0.4, -0.2) is 24.6 Å². The average molecular weight is 413 g/mol. The molecule has 0 heterocycles. The third-order valence-electron chi connectivity index (χ3n) is 5.33. The fourth-order valence-electron chi connectivity index (χ4n) is 3.44. The molecular weight excluding hydrogens is 364 g/mol. The molecule has 0 aliphatic heterocycles. The summed E-state index contributed by atoms with van der Waals surface area (Å²) in [5.41, 5.74) is 0. The summed E-state index contributed by atoms with van der Waals surface area (Å²) in [7, 11) is 0. The Kier molecular flexibility index (Phi) is 20.9. The Hall–Kier alpha value is -1.06. The Morgan fingerprint density at radius 1 is 0.621 bits per heavy atom. The van der Waals surface area contributed by atoms with E-state index < -0.39 is 0 Å². The highest BCUT2D eigenvalue weighted by molar-refractivity contribution is 5.70. The summed E-state index contributed by atoms with van der Waals surface area (Å²) in [6.45, 7) is 5.92. The van der Waals surface area contributed by atoms with Gasteiger partial charge in [0.05, 0.1) is 0 Å². The first-order valence-electron chi connectivity index (χ1n) is 12.4. The van der Waals surface area contributed by atoms with Crippen molar-refractivity contribution in [1.82, 2.24) is 0 Å². The molecule has 0 bridgehead atoms. The third kappa shape index (κ3) is 21.5. The maximum atomic E-state index is 11.7. The molecule has 0 aliphatic carbocycles. The van der Waals surface area contributed by atoms with E-state index in [4.69, 9.17) is 9.47 Å². The van der Waals surface area contributed by atoms with Gasteiger partial charge in [0, 0.05) is 12.8 Å². The Balaban J connectivity index is 3.25. The predicted octanol–water partition coefficient (Wildman–Crippen LogP) is 7.52. The fraction of sp³-hybridized carbons (Fsp3) is 0.920. The molecular formula is C25H48O4. The molecule has 0 aromatic rings. The number of carbonyl (C=O) groups is 2. The van der Waals surface area contributed by atoms with Gasteiger partial charge in [0.1, 0.15) is 12.7 Å². The molecule has 0 rings (SSSR count). The largest absolute Gasteiger partial charge is 0.462 e. The summed E-state index contributed by atoms with van der Waals surface area (Å²) in [6.07, 6.45) is 21.6. The zero-order valence-corrected chi connectivity index (χ0v) is 19.6. The first-order chi connectivity index (χ1) is 14.1. The van der Waals surface area contributed by atoms with Gasteiger partial charge in [-0.05, 0) is 13.3 Å². The number of carbonyl (C=O) groups excluding carboxylic acids is 2. The van der Waals surface area contributed by atoms with Gasteiger partial charge < -0.3 is 9.47 Å². The zero-order valence-electron chi connectivity index (χ0n) is 19.6. The van der Waals surface area contributed by atoms with E-state index in [1.54, 1.807) is 13.8 Å². The maximum Gasteiger partial charge on any atom is 0.305 e. The smallest absolute Gasteiger partial charge is 0.305 e. The van der Waals surface area contributed by atoms with E-state index in [0.717, 1.165) is 12.8 Å². The standard InChI is InChI=1S/C25H48O4/c1-4-6-7-8-9-10-11-12-13-14-15-16-17-18-19-20-21-25(27)28-22-23(3)29-24(26)5-2/h23H,4-22H2,1-3H3. The van der Waals surface area contributed by atoms with Gasteiger partial charge in [0.2, 0.25) is 0 Å². The molecule has 0 fully saturated rings. The molecule has 0 aromatic carbocycles. The number of esters is 2. The van der Waals surface area contributed by atoms with Crippen molar-refractivity contribution in [1.29, 1.82) is 0 Å². The van der Waals surface area contributed by atoms with Gasteiger partial charge in [0.25, 0.3) is 0 Å². The second-order valence-corrected chi connectivity index (χ2v) is 8.39. The van der Waals surface area contributed by atoms with Crippen LogP contribution in [0.4, 0.5) is 0 Å². The summed E-state index contributed by atoms with van der Waals surface area (Å²) < 4.78 is 10.2. The second kappa shape index (κ2) is 21.6. The maximum absolute atomic E-state index is 11.7. The molecule has 0 aromatic heterocycles. The van der Waals surface area contributed by atoms with Crippen molar-refractivity contribution in [2.75, 3.05) is 6.61 Å². The monoisotopic (exact) mass is 412 g/mol. The molecule has 0 saturated carbocycles. The molecule has 0 spiro atoms. The molecule has 0 radical (unpaired) electrons. The number of unbranched alkanes of at least 4 members (excludes halogenated alkanes) is 15. The van der Waals surface area contributed by atoms with Crippen LogP contribution in [0.2, 0.25) is 0 Å². The van der Waals surface area contributed by atoms with Crippen LogP contribution in [0.15, 0.2) is 0 Å². The molecule has 4 heteroatoms. The van der Waals surface area contributed by atoms with Gasteiger partial charge in [-0.25, -0.2) is 0 Å². The van der Waals surface area contributed by atoms with Crippen LogP contribution < -0.4 is 0 Å². The average Bonchev–Trinajstić information content (AvgIpc) is 2.71. The van der Waals surface area contributed by atoms with Crippen molar-refractivity contribution in [2.45, 2.75) is 142 Å². The van der Waals surface area contributed by atoms with Crippen molar-refractivity contribution in [2.24, 2.45) is 0 Å². The first-order valence-corrected chi connectivity index (χ1v) is 12.4. The topological polar surface area (TPSA) is 52.6 Å². The SMILES string of the molecule is CCCCCCCCCCCCCCCCCCC(=O)OCC(C)OC(=O)CC. The predicted molar refractivity (Wildman–Crippen MR) is 121 cm³/mol. The summed E-state index contributed by atoms with van der Waals surface area (Å²) in [6, 6.07) is 0. The molecule has 1 atom stereocenters. The fourth-order valence-corrected chi connectivity index (χ4v) is 3.44. The van der Waals surface area contributed by atoms with Crippen molar-refractivity contribution < 1.29 is 19.1 Å². The van der Waals surface area contributed by atoms with Crippen LogP contribution >= 0.6 is 0 Å². The van der Waals surface area contributed by atoms with Crippen LogP contribution in [0.3, 0.4) is 0 Å². The third-order valence-corrected chi connectivity index (χ3v) is 5.33. The Morgan fingerprint density at radius 2 is 1.03 bits per heavy atom. The molecule has 172 valence electrons. The molecule has 0 saturated heterocycles. The lowest BCUT2D eigenvalue weighted by atomic mass is 10.0. The van der Waals surface area contributed by atoms with Gasteiger partial charge in [-0.3, -0.25) is 9.59 Å². The van der Waals surface area contributed by atoms with Crippen molar-refractivity contribution in [3.63, 3.8) is 0 Å². The number of hydrogen-bond donors (Lipinski definition) is 0. The lowest BCUT2D eigenvalue weighted by Gasteiger charge is -2.12. The highest BCUT2D eigenvalue weighted by Gasteiger charge is 2.10.